The lowest BCUT2D eigenvalue weighted by atomic mass is 10.1. The first-order valence-electron chi connectivity index (χ1n) is 8.70. The highest BCUT2D eigenvalue weighted by Gasteiger charge is 2.12. The van der Waals surface area contributed by atoms with Gasteiger partial charge in [0.05, 0.1) is 5.75 Å². The molecule has 0 bridgehead atoms. The zero-order valence-electron chi connectivity index (χ0n) is 16.5. The number of hydrogen-bond acceptors (Lipinski definition) is 5. The van der Waals surface area contributed by atoms with Gasteiger partial charge < -0.3 is 15.5 Å². The van der Waals surface area contributed by atoms with Gasteiger partial charge in [-0.25, -0.2) is 17.8 Å². The molecule has 0 amide bonds. The number of nitrogens with one attached hydrogen (secondary N) is 2. The van der Waals surface area contributed by atoms with Crippen molar-refractivity contribution in [3.63, 3.8) is 0 Å². The molecule has 2 rings (SSSR count). The molecule has 1 aromatic heterocycles. The second kappa shape index (κ2) is 9.50. The molecule has 1 aromatic carbocycles. The van der Waals surface area contributed by atoms with E-state index in [9.17, 15) is 12.8 Å². The Kier molecular flexibility index (Phi) is 7.33. The third-order valence-corrected chi connectivity index (χ3v) is 4.83. The van der Waals surface area contributed by atoms with Gasteiger partial charge in [-0.05, 0) is 29.3 Å². The average molecular weight is 408 g/mol. The summed E-state index contributed by atoms with van der Waals surface area (Å²) in [5, 5.41) is 6.30. The fraction of sp³-hybridized carbons (Fsp3) is 0.368. The standard InChI is InChI=1S/C19H26FN5O2S/c1-21-19(23-11-14-6-5-9-22-18(14)25(2)3)24-12-16-10-17(20)8-7-15(16)13-28(4,26)27/h5-10H,11-13H2,1-4H3,(H2,21,23,24). The van der Waals surface area contributed by atoms with E-state index in [1.54, 1.807) is 13.2 Å². The number of rotatable bonds is 7. The van der Waals surface area contributed by atoms with Crippen LogP contribution >= 0.6 is 0 Å². The Bertz CT molecular complexity index is 945. The number of halogens is 1. The zero-order valence-corrected chi connectivity index (χ0v) is 17.3. The van der Waals surface area contributed by atoms with Crippen LogP contribution in [0.2, 0.25) is 0 Å². The summed E-state index contributed by atoms with van der Waals surface area (Å²) in [4.78, 5) is 10.5. The summed E-state index contributed by atoms with van der Waals surface area (Å²) in [5.41, 5.74) is 2.14. The van der Waals surface area contributed by atoms with Gasteiger partial charge in [0.2, 0.25) is 0 Å². The van der Waals surface area contributed by atoms with Gasteiger partial charge in [-0.15, -0.1) is 0 Å². The molecule has 9 heteroatoms. The molecule has 0 spiro atoms. The second-order valence-corrected chi connectivity index (χ2v) is 8.78. The van der Waals surface area contributed by atoms with E-state index in [1.807, 2.05) is 31.1 Å². The molecule has 0 radical (unpaired) electrons. The minimum atomic E-state index is -3.22. The monoisotopic (exact) mass is 407 g/mol. The van der Waals surface area contributed by atoms with Gasteiger partial charge in [0.15, 0.2) is 15.8 Å². The third-order valence-electron chi connectivity index (χ3n) is 3.99. The molecular formula is C19H26FN5O2S. The average Bonchev–Trinajstić information content (AvgIpc) is 2.63. The van der Waals surface area contributed by atoms with Crippen molar-refractivity contribution in [3.05, 3.63) is 59.0 Å². The molecular weight excluding hydrogens is 381 g/mol. The smallest absolute Gasteiger partial charge is 0.191 e. The largest absolute Gasteiger partial charge is 0.362 e. The van der Waals surface area contributed by atoms with Crippen LogP contribution in [0, 0.1) is 5.82 Å². The molecule has 0 unspecified atom stereocenters. The number of nitrogens with zero attached hydrogens (tertiary/aromatic N) is 3. The van der Waals surface area contributed by atoms with Crippen molar-refractivity contribution in [2.75, 3.05) is 32.3 Å². The topological polar surface area (TPSA) is 86.7 Å². The highest BCUT2D eigenvalue weighted by Crippen LogP contribution is 2.15. The minimum Gasteiger partial charge on any atom is -0.362 e. The molecule has 2 N–H and O–H groups in total. The second-order valence-electron chi connectivity index (χ2n) is 6.64. The zero-order chi connectivity index (χ0) is 20.7. The molecule has 0 saturated carbocycles. The SMILES string of the molecule is CN=C(NCc1cc(F)ccc1CS(C)(=O)=O)NCc1cccnc1N(C)C. The van der Waals surface area contributed by atoms with E-state index in [-0.39, 0.29) is 12.3 Å². The van der Waals surface area contributed by atoms with E-state index in [1.165, 1.54) is 18.2 Å². The Morgan fingerprint density at radius 3 is 2.43 bits per heavy atom. The molecule has 2 aromatic rings. The Balaban J connectivity index is 2.06. The van der Waals surface area contributed by atoms with Crippen LogP contribution in [0.3, 0.4) is 0 Å². The lowest BCUT2D eigenvalue weighted by Crippen LogP contribution is -2.37. The Morgan fingerprint density at radius 1 is 1.14 bits per heavy atom. The first kappa shape index (κ1) is 21.6. The van der Waals surface area contributed by atoms with E-state index in [2.05, 4.69) is 20.6 Å². The van der Waals surface area contributed by atoms with Crippen LogP contribution < -0.4 is 15.5 Å². The van der Waals surface area contributed by atoms with Gasteiger partial charge in [-0.3, -0.25) is 4.99 Å². The molecule has 0 fully saturated rings. The van der Waals surface area contributed by atoms with Crippen molar-refractivity contribution in [2.24, 2.45) is 4.99 Å². The van der Waals surface area contributed by atoms with E-state index in [0.29, 0.717) is 23.6 Å². The maximum absolute atomic E-state index is 13.6. The van der Waals surface area contributed by atoms with Gasteiger partial charge in [-0.2, -0.15) is 0 Å². The van der Waals surface area contributed by atoms with E-state index in [4.69, 9.17) is 0 Å². The maximum Gasteiger partial charge on any atom is 0.191 e. The van der Waals surface area contributed by atoms with Crippen LogP contribution in [0.1, 0.15) is 16.7 Å². The molecule has 7 nitrogen and oxygen atoms in total. The van der Waals surface area contributed by atoms with Crippen LogP contribution in [0.25, 0.3) is 0 Å². The van der Waals surface area contributed by atoms with Crippen molar-refractivity contribution in [3.8, 4) is 0 Å². The molecule has 1 heterocycles. The molecule has 0 aliphatic carbocycles. The number of pyridine rings is 1. The van der Waals surface area contributed by atoms with Gasteiger partial charge >= 0.3 is 0 Å². The number of benzene rings is 1. The van der Waals surface area contributed by atoms with Crippen LogP contribution in [-0.4, -0.2) is 46.8 Å². The number of sulfone groups is 1. The van der Waals surface area contributed by atoms with Gasteiger partial charge in [-0.1, -0.05) is 12.1 Å². The Labute approximate surface area is 165 Å². The fourth-order valence-electron chi connectivity index (χ4n) is 2.73. The number of aromatic nitrogens is 1. The summed E-state index contributed by atoms with van der Waals surface area (Å²) >= 11 is 0. The summed E-state index contributed by atoms with van der Waals surface area (Å²) in [6.07, 6.45) is 2.89. The first-order chi connectivity index (χ1) is 13.2. The molecule has 0 atom stereocenters. The van der Waals surface area contributed by atoms with Crippen LogP contribution in [-0.2, 0) is 28.7 Å². The molecule has 28 heavy (non-hydrogen) atoms. The quantitative estimate of drug-likeness (QED) is 0.537. The number of guanidine groups is 1. The highest BCUT2D eigenvalue weighted by molar-refractivity contribution is 7.89. The van der Waals surface area contributed by atoms with Gasteiger partial charge in [0, 0.05) is 52.2 Å². The molecule has 0 aliphatic rings. The molecule has 0 saturated heterocycles. The summed E-state index contributed by atoms with van der Waals surface area (Å²) in [6.45, 7) is 0.746. The summed E-state index contributed by atoms with van der Waals surface area (Å²) < 4.78 is 36.9. The van der Waals surface area contributed by atoms with Crippen molar-refractivity contribution < 1.29 is 12.8 Å². The predicted molar refractivity (Wildman–Crippen MR) is 111 cm³/mol. The lowest BCUT2D eigenvalue weighted by Gasteiger charge is -2.18. The summed E-state index contributed by atoms with van der Waals surface area (Å²) in [6, 6.07) is 7.95. The van der Waals surface area contributed by atoms with Crippen LogP contribution in [0.5, 0.6) is 0 Å². The van der Waals surface area contributed by atoms with Crippen LogP contribution in [0.15, 0.2) is 41.5 Å². The number of aliphatic imine (C=N–C) groups is 1. The van der Waals surface area contributed by atoms with E-state index < -0.39 is 15.7 Å². The number of hydrogen-bond donors (Lipinski definition) is 2. The Hall–Kier alpha value is -2.68. The summed E-state index contributed by atoms with van der Waals surface area (Å²) in [5.74, 6) is 0.815. The van der Waals surface area contributed by atoms with Gasteiger partial charge in [0.1, 0.15) is 11.6 Å². The van der Waals surface area contributed by atoms with E-state index in [0.717, 1.165) is 17.6 Å². The van der Waals surface area contributed by atoms with Gasteiger partial charge in [0.25, 0.3) is 0 Å². The van der Waals surface area contributed by atoms with Crippen molar-refractivity contribution >= 4 is 21.6 Å². The Morgan fingerprint density at radius 2 is 1.82 bits per heavy atom. The van der Waals surface area contributed by atoms with Crippen molar-refractivity contribution in [1.29, 1.82) is 0 Å². The van der Waals surface area contributed by atoms with Crippen LogP contribution in [0.4, 0.5) is 10.2 Å². The normalized spacial score (nSPS) is 12.0. The minimum absolute atomic E-state index is 0.141. The highest BCUT2D eigenvalue weighted by atomic mass is 32.2. The first-order valence-corrected chi connectivity index (χ1v) is 10.8. The van der Waals surface area contributed by atoms with E-state index >= 15 is 0 Å². The molecule has 152 valence electrons. The third kappa shape index (κ3) is 6.49. The fourth-order valence-corrected chi connectivity index (χ4v) is 3.58. The maximum atomic E-state index is 13.6. The summed E-state index contributed by atoms with van der Waals surface area (Å²) in [7, 11) is 2.26. The van der Waals surface area contributed by atoms with Crippen molar-refractivity contribution in [2.45, 2.75) is 18.8 Å². The predicted octanol–water partition coefficient (Wildman–Crippen LogP) is 1.70. The molecule has 0 aliphatic heterocycles. The lowest BCUT2D eigenvalue weighted by molar-refractivity contribution is 0.599. The number of anilines is 1. The van der Waals surface area contributed by atoms with Crippen molar-refractivity contribution in [1.82, 2.24) is 15.6 Å².